The number of fused-ring (bicyclic) bond motifs is 4. The van der Waals surface area contributed by atoms with Crippen LogP contribution >= 0.6 is 0 Å². The standard InChI is InChI=1S/C37H44FN5O6/c1-6-22-8-7-9-23-14-26(48-21-46-5)15-27(29(22)23)31-30(38)32-28(16-39-31)33(41-34(40-32)47-20-37(19-44)12-13-37)42-17-24-10-11-25(18-42)43(24)35(45)49-36(2,3)4/h7-9,14-16,24-25,44H,6,10-13,17-21H2,1-5H3. The van der Waals surface area contributed by atoms with Crippen molar-refractivity contribution in [3.8, 4) is 23.0 Å². The van der Waals surface area contributed by atoms with Gasteiger partial charge in [-0.1, -0.05) is 25.1 Å². The Labute approximate surface area is 285 Å². The first-order chi connectivity index (χ1) is 23.5. The number of ether oxygens (including phenoxy) is 4. The number of amides is 1. The lowest BCUT2D eigenvalue weighted by Gasteiger charge is -2.42. The highest BCUT2D eigenvalue weighted by Crippen LogP contribution is 2.45. The van der Waals surface area contributed by atoms with Crippen molar-refractivity contribution in [3.05, 3.63) is 47.9 Å². The second-order valence-corrected chi connectivity index (χ2v) is 14.5. The minimum atomic E-state index is -0.601. The number of aliphatic hydroxyl groups excluding tert-OH is 1. The van der Waals surface area contributed by atoms with E-state index in [2.05, 4.69) is 16.8 Å². The Kier molecular flexibility index (Phi) is 8.72. The van der Waals surface area contributed by atoms with Gasteiger partial charge in [0.25, 0.3) is 0 Å². The van der Waals surface area contributed by atoms with Crippen molar-refractivity contribution in [1.29, 1.82) is 0 Å². The first-order valence-electron chi connectivity index (χ1n) is 17.1. The Morgan fingerprint density at radius 3 is 2.51 bits per heavy atom. The number of anilines is 1. The smallest absolute Gasteiger partial charge is 0.410 e. The lowest BCUT2D eigenvalue weighted by molar-refractivity contribution is 0.0122. The van der Waals surface area contributed by atoms with Gasteiger partial charge in [-0.3, -0.25) is 9.88 Å². The zero-order valence-corrected chi connectivity index (χ0v) is 28.8. The topological polar surface area (TPSA) is 119 Å². The van der Waals surface area contributed by atoms with Gasteiger partial charge in [-0.15, -0.1) is 0 Å². The number of aromatic nitrogens is 3. The summed E-state index contributed by atoms with van der Waals surface area (Å²) in [6.45, 7) is 8.93. The van der Waals surface area contributed by atoms with E-state index in [1.165, 1.54) is 0 Å². The zero-order chi connectivity index (χ0) is 34.5. The van der Waals surface area contributed by atoms with Crippen molar-refractivity contribution < 1.29 is 33.2 Å². The maximum atomic E-state index is 17.1. The van der Waals surface area contributed by atoms with Gasteiger partial charge in [0.2, 0.25) is 0 Å². The fraction of sp³-hybridized carbons (Fsp3) is 0.514. The van der Waals surface area contributed by atoms with Crippen LogP contribution in [0.15, 0.2) is 36.5 Å². The quantitative estimate of drug-likeness (QED) is 0.193. The lowest BCUT2D eigenvalue weighted by atomic mass is 9.95. The average molecular weight is 674 g/mol. The summed E-state index contributed by atoms with van der Waals surface area (Å²) in [5, 5.41) is 12.2. The molecule has 49 heavy (non-hydrogen) atoms. The number of piperazine rings is 1. The maximum Gasteiger partial charge on any atom is 0.410 e. The van der Waals surface area contributed by atoms with E-state index < -0.39 is 11.4 Å². The molecule has 12 heteroatoms. The third-order valence-electron chi connectivity index (χ3n) is 9.85. The van der Waals surface area contributed by atoms with Crippen LogP contribution in [0.25, 0.3) is 32.9 Å². The number of halogens is 1. The fourth-order valence-corrected chi connectivity index (χ4v) is 7.12. The summed E-state index contributed by atoms with van der Waals surface area (Å²) in [4.78, 5) is 31.3. The fourth-order valence-electron chi connectivity index (χ4n) is 7.12. The molecule has 2 bridgehead atoms. The normalized spacial score (nSPS) is 19.8. The molecule has 7 rings (SSSR count). The molecule has 260 valence electrons. The molecule has 3 fully saturated rings. The van der Waals surface area contributed by atoms with E-state index in [-0.39, 0.29) is 60.8 Å². The molecule has 1 saturated carbocycles. The second-order valence-electron chi connectivity index (χ2n) is 14.5. The highest BCUT2D eigenvalue weighted by Gasteiger charge is 2.46. The van der Waals surface area contributed by atoms with Gasteiger partial charge in [0.05, 0.1) is 30.7 Å². The third-order valence-corrected chi connectivity index (χ3v) is 9.85. The molecule has 2 aromatic carbocycles. The van der Waals surface area contributed by atoms with E-state index in [4.69, 9.17) is 28.9 Å². The van der Waals surface area contributed by atoms with Crippen LogP contribution in [0.1, 0.15) is 58.9 Å². The number of carbonyl (C=O) groups excluding carboxylic acids is 1. The molecule has 2 aromatic heterocycles. The van der Waals surface area contributed by atoms with Crippen molar-refractivity contribution in [3.63, 3.8) is 0 Å². The predicted molar refractivity (Wildman–Crippen MR) is 183 cm³/mol. The lowest BCUT2D eigenvalue weighted by Crippen LogP contribution is -2.57. The van der Waals surface area contributed by atoms with Crippen LogP contribution in [-0.4, -0.2) is 88.9 Å². The molecule has 1 aliphatic carbocycles. The summed E-state index contributed by atoms with van der Waals surface area (Å²) in [5.74, 6) is 0.438. The van der Waals surface area contributed by atoms with Gasteiger partial charge >= 0.3 is 12.1 Å². The van der Waals surface area contributed by atoms with Crippen LogP contribution in [0.4, 0.5) is 15.0 Å². The van der Waals surface area contributed by atoms with Gasteiger partial charge < -0.3 is 29.0 Å². The number of aliphatic hydroxyl groups is 1. The van der Waals surface area contributed by atoms with Gasteiger partial charge in [-0.25, -0.2) is 9.18 Å². The number of benzene rings is 2. The molecule has 4 aromatic rings. The number of pyridine rings is 1. The number of hydrogen-bond acceptors (Lipinski definition) is 10. The highest BCUT2D eigenvalue weighted by molar-refractivity contribution is 6.01. The first kappa shape index (κ1) is 33.2. The van der Waals surface area contributed by atoms with E-state index in [0.29, 0.717) is 35.6 Å². The largest absolute Gasteiger partial charge is 0.468 e. The zero-order valence-electron chi connectivity index (χ0n) is 28.8. The number of nitrogens with zero attached hydrogens (tertiary/aromatic N) is 5. The number of rotatable bonds is 10. The molecule has 0 radical (unpaired) electrons. The molecule has 2 aliphatic heterocycles. The number of carbonyl (C=O) groups is 1. The molecule has 2 atom stereocenters. The van der Waals surface area contributed by atoms with Crippen LogP contribution in [-0.2, 0) is 15.9 Å². The van der Waals surface area contributed by atoms with Crippen molar-refractivity contribution in [2.75, 3.05) is 45.1 Å². The van der Waals surface area contributed by atoms with Gasteiger partial charge in [0.15, 0.2) is 12.6 Å². The van der Waals surface area contributed by atoms with Gasteiger partial charge in [-0.05, 0) is 81.3 Å². The van der Waals surface area contributed by atoms with Crippen LogP contribution < -0.4 is 14.4 Å². The van der Waals surface area contributed by atoms with Crippen LogP contribution in [0.3, 0.4) is 0 Å². The summed E-state index contributed by atoms with van der Waals surface area (Å²) in [6.07, 6.45) is 5.41. The number of hydrogen-bond donors (Lipinski definition) is 1. The van der Waals surface area contributed by atoms with Crippen molar-refractivity contribution in [2.24, 2.45) is 5.41 Å². The second kappa shape index (κ2) is 12.9. The molecular formula is C37H44FN5O6. The molecule has 2 unspecified atom stereocenters. The average Bonchev–Trinajstić information content (AvgIpc) is 3.82. The van der Waals surface area contributed by atoms with Crippen LogP contribution in [0.5, 0.6) is 11.8 Å². The van der Waals surface area contributed by atoms with E-state index in [9.17, 15) is 9.90 Å². The maximum absolute atomic E-state index is 17.1. The molecule has 11 nitrogen and oxygen atoms in total. The Morgan fingerprint density at radius 2 is 1.86 bits per heavy atom. The monoisotopic (exact) mass is 673 g/mol. The molecule has 4 heterocycles. The highest BCUT2D eigenvalue weighted by atomic mass is 19.1. The van der Waals surface area contributed by atoms with E-state index >= 15 is 4.39 Å². The SMILES string of the molecule is CCc1cccc2cc(OCOC)cc(-c3ncc4c(N5CC6CCC(C5)N6C(=O)OC(C)(C)C)nc(OCC5(CO)CC5)nc4c3F)c12. The Morgan fingerprint density at radius 1 is 1.10 bits per heavy atom. The Balaban J connectivity index is 1.33. The minimum absolute atomic E-state index is 0.000170. The van der Waals surface area contributed by atoms with Gasteiger partial charge in [-0.2, -0.15) is 9.97 Å². The number of aryl methyl sites for hydroxylation is 1. The Bertz CT molecular complexity index is 1880. The van der Waals surface area contributed by atoms with Crippen molar-refractivity contribution in [2.45, 2.75) is 77.5 Å². The van der Waals surface area contributed by atoms with Crippen LogP contribution in [0.2, 0.25) is 0 Å². The van der Waals surface area contributed by atoms with Crippen molar-refractivity contribution in [1.82, 2.24) is 19.9 Å². The summed E-state index contributed by atoms with van der Waals surface area (Å²) in [7, 11) is 1.55. The molecule has 1 amide bonds. The van der Waals surface area contributed by atoms with Gasteiger partial charge in [0.1, 0.15) is 28.4 Å². The summed E-state index contributed by atoms with van der Waals surface area (Å²) in [5.41, 5.74) is 0.944. The molecular weight excluding hydrogens is 629 g/mol. The first-order valence-corrected chi connectivity index (χ1v) is 17.1. The van der Waals surface area contributed by atoms with E-state index in [0.717, 1.165) is 48.4 Å². The Hall–Kier alpha value is -4.29. The van der Waals surface area contributed by atoms with E-state index in [1.54, 1.807) is 19.4 Å². The number of methoxy groups -OCH3 is 1. The summed E-state index contributed by atoms with van der Waals surface area (Å²) in [6, 6.07) is 9.57. The molecule has 0 spiro atoms. The van der Waals surface area contributed by atoms with Crippen LogP contribution in [0, 0.1) is 11.2 Å². The van der Waals surface area contributed by atoms with Gasteiger partial charge in [0, 0.05) is 37.4 Å². The third kappa shape index (κ3) is 6.43. The minimum Gasteiger partial charge on any atom is -0.468 e. The molecule has 1 N–H and O–H groups in total. The molecule has 2 saturated heterocycles. The van der Waals surface area contributed by atoms with E-state index in [1.807, 2.05) is 49.9 Å². The predicted octanol–water partition coefficient (Wildman–Crippen LogP) is 6.27. The molecule has 3 aliphatic rings. The van der Waals surface area contributed by atoms with Crippen molar-refractivity contribution >= 4 is 33.6 Å². The summed E-state index contributed by atoms with van der Waals surface area (Å²) >= 11 is 0. The summed E-state index contributed by atoms with van der Waals surface area (Å²) < 4.78 is 39.9.